The fourth-order valence-corrected chi connectivity index (χ4v) is 4.80. The SMILES string of the molecule is O=C(Cc1cc(F)ccc1F)N1C[C@@H]2C[C@H](C1)c1cc(-c3ccccn3)cc(=O)n1C2. The molecule has 0 aliphatic carbocycles. The molecular formula is C24H21F2N3O2. The summed E-state index contributed by atoms with van der Waals surface area (Å²) in [7, 11) is 0. The lowest BCUT2D eigenvalue weighted by Crippen LogP contribution is -2.49. The Morgan fingerprint density at radius 3 is 2.74 bits per heavy atom. The van der Waals surface area contributed by atoms with Crippen LogP contribution in [0.15, 0.2) is 59.5 Å². The Labute approximate surface area is 178 Å². The Morgan fingerprint density at radius 2 is 1.94 bits per heavy atom. The van der Waals surface area contributed by atoms with Crippen molar-refractivity contribution in [3.8, 4) is 11.3 Å². The predicted molar refractivity (Wildman–Crippen MR) is 111 cm³/mol. The van der Waals surface area contributed by atoms with E-state index in [0.29, 0.717) is 19.6 Å². The third kappa shape index (κ3) is 3.76. The van der Waals surface area contributed by atoms with E-state index >= 15 is 0 Å². The van der Waals surface area contributed by atoms with Gasteiger partial charge < -0.3 is 9.47 Å². The van der Waals surface area contributed by atoms with Crippen LogP contribution >= 0.6 is 0 Å². The molecule has 2 aromatic heterocycles. The van der Waals surface area contributed by atoms with Gasteiger partial charge in [0.25, 0.3) is 5.56 Å². The van der Waals surface area contributed by atoms with Gasteiger partial charge in [-0.05, 0) is 48.7 Å². The molecular weight excluding hydrogens is 400 g/mol. The molecule has 1 aromatic carbocycles. The summed E-state index contributed by atoms with van der Waals surface area (Å²) in [6.07, 6.45) is 2.40. The zero-order chi connectivity index (χ0) is 21.5. The number of fused-ring (bicyclic) bond motifs is 4. The van der Waals surface area contributed by atoms with Crippen molar-refractivity contribution in [3.63, 3.8) is 0 Å². The highest BCUT2D eigenvalue weighted by atomic mass is 19.1. The quantitative estimate of drug-likeness (QED) is 0.652. The van der Waals surface area contributed by atoms with Crippen LogP contribution < -0.4 is 5.56 Å². The third-order valence-electron chi connectivity index (χ3n) is 6.22. The summed E-state index contributed by atoms with van der Waals surface area (Å²) < 4.78 is 29.3. The van der Waals surface area contributed by atoms with Gasteiger partial charge in [-0.25, -0.2) is 8.78 Å². The fourth-order valence-electron chi connectivity index (χ4n) is 4.80. The summed E-state index contributed by atoms with van der Waals surface area (Å²) in [5.74, 6) is -1.19. The van der Waals surface area contributed by atoms with Crippen LogP contribution in [0.25, 0.3) is 11.3 Å². The Morgan fingerprint density at radius 1 is 1.06 bits per heavy atom. The van der Waals surface area contributed by atoms with Crippen LogP contribution in [0.5, 0.6) is 0 Å². The molecule has 158 valence electrons. The number of amides is 1. The van der Waals surface area contributed by atoms with Crippen molar-refractivity contribution in [3.05, 3.63) is 88.0 Å². The Balaban J connectivity index is 1.42. The van der Waals surface area contributed by atoms with E-state index in [1.165, 1.54) is 0 Å². The number of rotatable bonds is 3. The van der Waals surface area contributed by atoms with Gasteiger partial charge in [-0.1, -0.05) is 6.07 Å². The number of likely N-dealkylation sites (tertiary alicyclic amines) is 1. The molecule has 7 heteroatoms. The van der Waals surface area contributed by atoms with Gasteiger partial charge in [0.1, 0.15) is 11.6 Å². The van der Waals surface area contributed by atoms with Gasteiger partial charge in [-0.2, -0.15) is 0 Å². The van der Waals surface area contributed by atoms with Crippen LogP contribution in [0.3, 0.4) is 0 Å². The van der Waals surface area contributed by atoms with Gasteiger partial charge in [-0.15, -0.1) is 0 Å². The maximum atomic E-state index is 14.0. The number of halogens is 2. The predicted octanol–water partition coefficient (Wildman–Crippen LogP) is 3.38. The summed E-state index contributed by atoms with van der Waals surface area (Å²) in [4.78, 5) is 31.8. The van der Waals surface area contributed by atoms with Crippen LogP contribution in [-0.4, -0.2) is 33.4 Å². The molecule has 4 heterocycles. The molecule has 0 N–H and O–H groups in total. The zero-order valence-electron chi connectivity index (χ0n) is 16.8. The third-order valence-corrected chi connectivity index (χ3v) is 6.22. The second-order valence-electron chi connectivity index (χ2n) is 8.34. The Kier molecular flexibility index (Phi) is 4.88. The minimum Gasteiger partial charge on any atom is -0.341 e. The average molecular weight is 421 g/mol. The second kappa shape index (κ2) is 7.72. The fraction of sp³-hybridized carbons (Fsp3) is 0.292. The minimum absolute atomic E-state index is 0.0187. The van der Waals surface area contributed by atoms with Crippen molar-refractivity contribution in [1.82, 2.24) is 14.5 Å². The van der Waals surface area contributed by atoms with Crippen molar-refractivity contribution in [1.29, 1.82) is 0 Å². The Bertz CT molecular complexity index is 1210. The maximum Gasteiger partial charge on any atom is 0.251 e. The van der Waals surface area contributed by atoms with Gasteiger partial charge in [0, 0.05) is 54.6 Å². The van der Waals surface area contributed by atoms with Crippen LogP contribution in [0.1, 0.15) is 23.6 Å². The first-order chi connectivity index (χ1) is 15.0. The van der Waals surface area contributed by atoms with E-state index < -0.39 is 11.6 Å². The lowest BCUT2D eigenvalue weighted by molar-refractivity contribution is -0.133. The highest BCUT2D eigenvalue weighted by Gasteiger charge is 2.36. The minimum atomic E-state index is -0.580. The second-order valence-corrected chi connectivity index (χ2v) is 8.34. The molecule has 1 fully saturated rings. The van der Waals surface area contributed by atoms with Gasteiger partial charge in [0.15, 0.2) is 0 Å². The van der Waals surface area contributed by atoms with E-state index in [1.54, 1.807) is 21.7 Å². The standard InChI is InChI=1S/C24H21F2N3O2/c25-19-4-5-20(26)16(8-19)10-23(30)28-12-15-7-18(14-28)22-9-17(11-24(31)29(22)13-15)21-3-1-2-6-27-21/h1-6,8-9,11,15,18H,7,10,12-14H2/t15-,18+/m0/s1. The van der Waals surface area contributed by atoms with E-state index in [9.17, 15) is 18.4 Å². The molecule has 0 radical (unpaired) electrons. The maximum absolute atomic E-state index is 14.0. The molecule has 0 unspecified atom stereocenters. The number of piperidine rings is 1. The number of carbonyl (C=O) groups excluding carboxylic acids is 1. The molecule has 1 amide bonds. The topological polar surface area (TPSA) is 55.2 Å². The first kappa shape index (κ1) is 19.6. The van der Waals surface area contributed by atoms with Gasteiger partial charge in [0.05, 0.1) is 12.1 Å². The number of carbonyl (C=O) groups is 1. The van der Waals surface area contributed by atoms with Crippen molar-refractivity contribution >= 4 is 5.91 Å². The first-order valence-corrected chi connectivity index (χ1v) is 10.4. The summed E-state index contributed by atoms with van der Waals surface area (Å²) in [6, 6.07) is 12.3. The summed E-state index contributed by atoms with van der Waals surface area (Å²) >= 11 is 0. The number of hydrogen-bond donors (Lipinski definition) is 0. The smallest absolute Gasteiger partial charge is 0.251 e. The van der Waals surface area contributed by atoms with E-state index in [2.05, 4.69) is 4.98 Å². The molecule has 2 aliphatic rings. The molecule has 3 aromatic rings. The van der Waals surface area contributed by atoms with E-state index in [4.69, 9.17) is 0 Å². The van der Waals surface area contributed by atoms with Crippen LogP contribution in [0.2, 0.25) is 0 Å². The highest BCUT2D eigenvalue weighted by molar-refractivity contribution is 5.79. The van der Waals surface area contributed by atoms with Crippen molar-refractivity contribution < 1.29 is 13.6 Å². The number of nitrogens with zero attached hydrogens (tertiary/aromatic N) is 3. The molecule has 5 nitrogen and oxygen atoms in total. The van der Waals surface area contributed by atoms with E-state index in [1.807, 2.05) is 24.3 Å². The lowest BCUT2D eigenvalue weighted by Gasteiger charge is -2.43. The van der Waals surface area contributed by atoms with Gasteiger partial charge in [0.2, 0.25) is 5.91 Å². The van der Waals surface area contributed by atoms with Crippen LogP contribution in [0.4, 0.5) is 8.78 Å². The molecule has 2 aliphatic heterocycles. The number of benzene rings is 1. The average Bonchev–Trinajstić information content (AvgIpc) is 2.77. The highest BCUT2D eigenvalue weighted by Crippen LogP contribution is 2.36. The molecule has 1 saturated heterocycles. The van der Waals surface area contributed by atoms with E-state index in [-0.39, 0.29) is 35.3 Å². The molecule has 2 bridgehead atoms. The van der Waals surface area contributed by atoms with Gasteiger partial charge >= 0.3 is 0 Å². The molecule has 0 saturated carbocycles. The largest absolute Gasteiger partial charge is 0.341 e. The number of hydrogen-bond acceptors (Lipinski definition) is 3. The van der Waals surface area contributed by atoms with E-state index in [0.717, 1.165) is 41.6 Å². The summed E-state index contributed by atoms with van der Waals surface area (Å²) in [5.41, 5.74) is 2.40. The molecule has 31 heavy (non-hydrogen) atoms. The Hall–Kier alpha value is -3.35. The first-order valence-electron chi connectivity index (χ1n) is 10.4. The lowest BCUT2D eigenvalue weighted by atomic mass is 9.82. The molecule has 0 spiro atoms. The summed E-state index contributed by atoms with van der Waals surface area (Å²) in [5, 5.41) is 0. The monoisotopic (exact) mass is 421 g/mol. The van der Waals surface area contributed by atoms with Gasteiger partial charge in [-0.3, -0.25) is 14.6 Å². The van der Waals surface area contributed by atoms with Crippen molar-refractivity contribution in [2.45, 2.75) is 25.3 Å². The number of aromatic nitrogens is 2. The zero-order valence-corrected chi connectivity index (χ0v) is 16.8. The normalized spacial score (nSPS) is 19.7. The molecule has 5 rings (SSSR count). The van der Waals surface area contributed by atoms with Crippen LogP contribution in [-0.2, 0) is 17.8 Å². The van der Waals surface area contributed by atoms with Crippen molar-refractivity contribution in [2.24, 2.45) is 5.92 Å². The van der Waals surface area contributed by atoms with Crippen molar-refractivity contribution in [2.75, 3.05) is 13.1 Å². The van der Waals surface area contributed by atoms with Crippen LogP contribution in [0, 0.1) is 17.6 Å². The number of pyridine rings is 2. The summed E-state index contributed by atoms with van der Waals surface area (Å²) in [6.45, 7) is 1.52. The molecule has 2 atom stereocenters.